The van der Waals surface area contributed by atoms with Gasteiger partial charge in [-0.15, -0.1) is 0 Å². The number of nitro benzene ring substituents is 1. The number of halogens is 1. The fourth-order valence-corrected chi connectivity index (χ4v) is 1.64. The van der Waals surface area contributed by atoms with Crippen molar-refractivity contribution in [2.75, 3.05) is 5.32 Å². The van der Waals surface area contributed by atoms with Crippen LogP contribution in [0.25, 0.3) is 0 Å². The molecule has 0 aliphatic carbocycles. The molecule has 0 heterocycles. The van der Waals surface area contributed by atoms with Gasteiger partial charge in [0.05, 0.1) is 10.5 Å². The van der Waals surface area contributed by atoms with Crippen molar-refractivity contribution in [3.05, 3.63) is 64.0 Å². The van der Waals surface area contributed by atoms with Gasteiger partial charge < -0.3 is 10.4 Å². The van der Waals surface area contributed by atoms with E-state index in [0.29, 0.717) is 5.69 Å². The van der Waals surface area contributed by atoms with E-state index < -0.39 is 22.4 Å². The lowest BCUT2D eigenvalue weighted by Crippen LogP contribution is -2.01. The van der Waals surface area contributed by atoms with Crippen molar-refractivity contribution in [2.45, 2.75) is 27.7 Å². The zero-order chi connectivity index (χ0) is 18.7. The van der Waals surface area contributed by atoms with E-state index in [-0.39, 0.29) is 11.3 Å². The standard InChI is InChI=1S/C13H9FN2O4.2C2H6/c14-9-2-1-3-10(7-9)15-11-5-4-8(13(17)18)6-12(11)16(19)20;2*1-2/h1-7,15H,(H,17,18);2*1-2H3. The van der Waals surface area contributed by atoms with Gasteiger partial charge in [-0.1, -0.05) is 33.8 Å². The molecule has 2 aromatic rings. The fourth-order valence-electron chi connectivity index (χ4n) is 1.64. The minimum Gasteiger partial charge on any atom is -0.478 e. The molecule has 0 fully saturated rings. The van der Waals surface area contributed by atoms with Crippen LogP contribution in [0.5, 0.6) is 0 Å². The molecule has 24 heavy (non-hydrogen) atoms. The second-order valence-electron chi connectivity index (χ2n) is 3.93. The van der Waals surface area contributed by atoms with Gasteiger partial charge in [-0.25, -0.2) is 9.18 Å². The number of carboxylic acids is 1. The number of nitrogens with zero attached hydrogens (tertiary/aromatic N) is 1. The minimum absolute atomic E-state index is 0.0885. The average Bonchev–Trinajstić information content (AvgIpc) is 2.58. The van der Waals surface area contributed by atoms with Crippen LogP contribution in [0.1, 0.15) is 38.1 Å². The van der Waals surface area contributed by atoms with Gasteiger partial charge in [0.25, 0.3) is 5.69 Å². The van der Waals surface area contributed by atoms with Crippen molar-refractivity contribution in [3.63, 3.8) is 0 Å². The Hall–Kier alpha value is -2.96. The molecule has 6 nitrogen and oxygen atoms in total. The van der Waals surface area contributed by atoms with Crippen LogP contribution in [0.3, 0.4) is 0 Å². The van der Waals surface area contributed by atoms with E-state index in [4.69, 9.17) is 5.11 Å². The average molecular weight is 336 g/mol. The van der Waals surface area contributed by atoms with Crippen LogP contribution < -0.4 is 5.32 Å². The van der Waals surface area contributed by atoms with Crippen molar-refractivity contribution >= 4 is 23.0 Å². The van der Waals surface area contributed by atoms with Crippen LogP contribution in [0.4, 0.5) is 21.5 Å². The topological polar surface area (TPSA) is 92.5 Å². The summed E-state index contributed by atoms with van der Waals surface area (Å²) in [7, 11) is 0. The number of nitrogens with one attached hydrogen (secondary N) is 1. The summed E-state index contributed by atoms with van der Waals surface area (Å²) in [6.45, 7) is 8.00. The highest BCUT2D eigenvalue weighted by atomic mass is 19.1. The lowest BCUT2D eigenvalue weighted by Gasteiger charge is -2.07. The SMILES string of the molecule is CC.CC.O=C(O)c1ccc(Nc2cccc(F)c2)c([N+](=O)[O-])c1. The Morgan fingerprint density at radius 3 is 2.25 bits per heavy atom. The Labute approximate surface area is 140 Å². The Bertz CT molecular complexity index is 690. The smallest absolute Gasteiger partial charge is 0.335 e. The number of aromatic carboxylic acids is 1. The number of hydrogen-bond acceptors (Lipinski definition) is 4. The normalized spacial score (nSPS) is 8.88. The predicted molar refractivity (Wildman–Crippen MR) is 92.4 cm³/mol. The zero-order valence-electron chi connectivity index (χ0n) is 14.0. The van der Waals surface area contributed by atoms with Crippen LogP contribution in [0, 0.1) is 15.9 Å². The van der Waals surface area contributed by atoms with Crippen LogP contribution in [0.15, 0.2) is 42.5 Å². The van der Waals surface area contributed by atoms with E-state index >= 15 is 0 Å². The highest BCUT2D eigenvalue weighted by molar-refractivity contribution is 5.90. The third-order valence-corrected chi connectivity index (χ3v) is 2.55. The van der Waals surface area contributed by atoms with E-state index in [1.807, 2.05) is 27.7 Å². The van der Waals surface area contributed by atoms with E-state index in [1.54, 1.807) is 0 Å². The second-order valence-corrected chi connectivity index (χ2v) is 3.93. The first kappa shape index (κ1) is 21.0. The maximum absolute atomic E-state index is 13.0. The molecule has 0 saturated heterocycles. The molecular formula is C17H21FN2O4. The maximum atomic E-state index is 13.0. The predicted octanol–water partition coefficient (Wildman–Crippen LogP) is 5.23. The number of carbonyl (C=O) groups is 1. The number of carboxylic acid groups (broad SMARTS) is 1. The summed E-state index contributed by atoms with van der Waals surface area (Å²) in [4.78, 5) is 21.0. The summed E-state index contributed by atoms with van der Waals surface area (Å²) < 4.78 is 13.0. The quantitative estimate of drug-likeness (QED) is 0.589. The zero-order valence-corrected chi connectivity index (χ0v) is 14.0. The van der Waals surface area contributed by atoms with Gasteiger partial charge in [0.1, 0.15) is 11.5 Å². The molecule has 0 saturated carbocycles. The van der Waals surface area contributed by atoms with Crippen molar-refractivity contribution in [3.8, 4) is 0 Å². The molecule has 0 unspecified atom stereocenters. The largest absolute Gasteiger partial charge is 0.478 e. The van der Waals surface area contributed by atoms with Crippen LogP contribution >= 0.6 is 0 Å². The molecule has 130 valence electrons. The molecule has 0 bridgehead atoms. The van der Waals surface area contributed by atoms with Crippen LogP contribution in [0.2, 0.25) is 0 Å². The van der Waals surface area contributed by atoms with Gasteiger partial charge in [0.15, 0.2) is 0 Å². The third kappa shape index (κ3) is 6.04. The molecule has 0 radical (unpaired) electrons. The highest BCUT2D eigenvalue weighted by Gasteiger charge is 2.17. The number of hydrogen-bond donors (Lipinski definition) is 2. The summed E-state index contributed by atoms with van der Waals surface area (Å²) in [5.41, 5.74) is -0.169. The van der Waals surface area contributed by atoms with Gasteiger partial charge in [-0.2, -0.15) is 0 Å². The minimum atomic E-state index is -1.26. The Balaban J connectivity index is 0.00000123. The molecule has 7 heteroatoms. The van der Waals surface area contributed by atoms with E-state index in [9.17, 15) is 19.3 Å². The monoisotopic (exact) mass is 336 g/mol. The third-order valence-electron chi connectivity index (χ3n) is 2.55. The second kappa shape index (κ2) is 10.7. The molecule has 2 rings (SSSR count). The van der Waals surface area contributed by atoms with E-state index in [0.717, 1.165) is 6.07 Å². The van der Waals surface area contributed by atoms with Gasteiger partial charge >= 0.3 is 5.97 Å². The number of benzene rings is 2. The van der Waals surface area contributed by atoms with Crippen molar-refractivity contribution in [1.29, 1.82) is 0 Å². The molecule has 0 atom stereocenters. The van der Waals surface area contributed by atoms with Gasteiger partial charge in [-0.05, 0) is 30.3 Å². The first-order valence-electron chi connectivity index (χ1n) is 7.51. The van der Waals surface area contributed by atoms with Gasteiger partial charge in [0.2, 0.25) is 0 Å². The van der Waals surface area contributed by atoms with Crippen LogP contribution in [-0.2, 0) is 0 Å². The molecular weight excluding hydrogens is 315 g/mol. The summed E-state index contributed by atoms with van der Waals surface area (Å²) in [6.07, 6.45) is 0. The van der Waals surface area contributed by atoms with Gasteiger partial charge in [0, 0.05) is 11.8 Å². The van der Waals surface area contributed by atoms with E-state index in [1.165, 1.54) is 36.4 Å². The molecule has 0 aromatic heterocycles. The molecule has 0 spiro atoms. The molecule has 0 amide bonds. The summed E-state index contributed by atoms with van der Waals surface area (Å²) in [5.74, 6) is -1.75. The molecule has 2 N–H and O–H groups in total. The lowest BCUT2D eigenvalue weighted by atomic mass is 10.1. The lowest BCUT2D eigenvalue weighted by molar-refractivity contribution is -0.383. The highest BCUT2D eigenvalue weighted by Crippen LogP contribution is 2.28. The van der Waals surface area contributed by atoms with Crippen molar-refractivity contribution < 1.29 is 19.2 Å². The number of nitro groups is 1. The van der Waals surface area contributed by atoms with Crippen molar-refractivity contribution in [2.24, 2.45) is 0 Å². The summed E-state index contributed by atoms with van der Waals surface area (Å²) in [6, 6.07) is 8.86. The Morgan fingerprint density at radius 2 is 1.75 bits per heavy atom. The molecule has 2 aromatic carbocycles. The van der Waals surface area contributed by atoms with E-state index in [2.05, 4.69) is 5.32 Å². The first-order valence-corrected chi connectivity index (χ1v) is 7.51. The molecule has 0 aliphatic rings. The molecule has 0 aliphatic heterocycles. The summed E-state index contributed by atoms with van der Waals surface area (Å²) in [5, 5.41) is 22.5. The fraction of sp³-hybridized carbons (Fsp3) is 0.235. The summed E-state index contributed by atoms with van der Waals surface area (Å²) >= 11 is 0. The Morgan fingerprint density at radius 1 is 1.12 bits per heavy atom. The van der Waals surface area contributed by atoms with Crippen LogP contribution in [-0.4, -0.2) is 16.0 Å². The van der Waals surface area contributed by atoms with Gasteiger partial charge in [-0.3, -0.25) is 10.1 Å². The maximum Gasteiger partial charge on any atom is 0.335 e. The first-order chi connectivity index (χ1) is 11.5. The number of anilines is 2. The number of rotatable bonds is 4. The Kier molecular flexibility index (Phi) is 9.39. The van der Waals surface area contributed by atoms with Crippen molar-refractivity contribution in [1.82, 2.24) is 0 Å².